The zero-order chi connectivity index (χ0) is 20.6. The van der Waals surface area contributed by atoms with Gasteiger partial charge in [-0.1, -0.05) is 35.7 Å². The fraction of sp³-hybridized carbons (Fsp3) is 0.545. The zero-order valence-corrected chi connectivity index (χ0v) is 18.3. The van der Waals surface area contributed by atoms with E-state index in [1.807, 2.05) is 4.90 Å². The maximum atomic E-state index is 12.4. The summed E-state index contributed by atoms with van der Waals surface area (Å²) in [4.78, 5) is 30.9. The molecule has 0 radical (unpaired) electrons. The predicted molar refractivity (Wildman–Crippen MR) is 118 cm³/mol. The number of rotatable bonds is 7. The number of nitrogens with zero attached hydrogens (tertiary/aromatic N) is 3. The van der Waals surface area contributed by atoms with Crippen LogP contribution in [-0.4, -0.2) is 72.3 Å². The van der Waals surface area contributed by atoms with E-state index in [1.54, 1.807) is 29.2 Å². The third-order valence-electron chi connectivity index (χ3n) is 5.59. The minimum absolute atomic E-state index is 0.0329. The van der Waals surface area contributed by atoms with Gasteiger partial charge < -0.3 is 14.7 Å². The van der Waals surface area contributed by atoms with E-state index in [9.17, 15) is 9.59 Å². The van der Waals surface area contributed by atoms with Crippen LogP contribution in [0.25, 0.3) is 6.08 Å². The molecule has 29 heavy (non-hydrogen) atoms. The number of piperazine rings is 1. The van der Waals surface area contributed by atoms with Crippen molar-refractivity contribution in [3.05, 3.63) is 39.9 Å². The highest BCUT2D eigenvalue weighted by molar-refractivity contribution is 6.42. The largest absolute Gasteiger partial charge is 0.339 e. The molecule has 5 nitrogen and oxygen atoms in total. The Bertz CT molecular complexity index is 748. The summed E-state index contributed by atoms with van der Waals surface area (Å²) in [6.07, 6.45) is 9.31. The van der Waals surface area contributed by atoms with Gasteiger partial charge in [0.1, 0.15) is 6.54 Å². The van der Waals surface area contributed by atoms with Crippen LogP contribution < -0.4 is 0 Å². The Balaban J connectivity index is 1.39. The molecule has 158 valence electrons. The molecular weight excluding hydrogens is 409 g/mol. The first-order valence-electron chi connectivity index (χ1n) is 10.4. The van der Waals surface area contributed by atoms with Gasteiger partial charge in [0.05, 0.1) is 10.0 Å². The lowest BCUT2D eigenvalue weighted by atomic mass is 10.1. The summed E-state index contributed by atoms with van der Waals surface area (Å²) < 4.78 is 0. The third kappa shape index (κ3) is 6.73. The molecule has 7 heteroatoms. The van der Waals surface area contributed by atoms with Gasteiger partial charge in [-0.15, -0.1) is 0 Å². The van der Waals surface area contributed by atoms with Crippen molar-refractivity contribution in [2.24, 2.45) is 0 Å². The number of amides is 2. The van der Waals surface area contributed by atoms with Crippen LogP contribution >= 0.6 is 23.2 Å². The molecule has 2 amide bonds. The molecule has 0 unspecified atom stereocenters. The second kappa shape index (κ2) is 11.0. The lowest BCUT2D eigenvalue weighted by Gasteiger charge is -2.34. The van der Waals surface area contributed by atoms with E-state index in [2.05, 4.69) is 4.90 Å². The number of piperidine rings is 1. The molecular formula is C22H29Cl2N3O2. The van der Waals surface area contributed by atoms with E-state index in [0.717, 1.165) is 31.5 Å². The molecule has 0 N–H and O–H groups in total. The van der Waals surface area contributed by atoms with Crippen LogP contribution in [0, 0.1) is 0 Å². The van der Waals surface area contributed by atoms with Crippen LogP contribution in [0.1, 0.15) is 37.7 Å². The van der Waals surface area contributed by atoms with E-state index < -0.39 is 0 Å². The molecule has 2 aliphatic heterocycles. The maximum Gasteiger partial charge on any atom is 0.247 e. The number of carbonyl (C=O) groups is 2. The average Bonchev–Trinajstić information content (AvgIpc) is 2.73. The van der Waals surface area contributed by atoms with Gasteiger partial charge in [-0.25, -0.2) is 0 Å². The Kier molecular flexibility index (Phi) is 8.40. The average molecular weight is 438 g/mol. The Hall–Kier alpha value is -1.56. The number of unbranched alkanes of at least 4 members (excludes halogenated alkanes) is 1. The van der Waals surface area contributed by atoms with E-state index in [4.69, 9.17) is 23.2 Å². The van der Waals surface area contributed by atoms with Crippen LogP contribution in [-0.2, 0) is 9.59 Å². The summed E-state index contributed by atoms with van der Waals surface area (Å²) in [5, 5.41) is 0.929. The monoisotopic (exact) mass is 437 g/mol. The summed E-state index contributed by atoms with van der Waals surface area (Å²) in [5.41, 5.74) is 0.798. The van der Waals surface area contributed by atoms with E-state index in [1.165, 1.54) is 38.4 Å². The van der Waals surface area contributed by atoms with Gasteiger partial charge >= 0.3 is 0 Å². The molecule has 0 atom stereocenters. The van der Waals surface area contributed by atoms with E-state index in [0.29, 0.717) is 23.1 Å². The minimum Gasteiger partial charge on any atom is -0.339 e. The number of benzene rings is 1. The summed E-state index contributed by atoms with van der Waals surface area (Å²) in [7, 11) is 0. The molecule has 0 saturated carbocycles. The number of carbonyl (C=O) groups excluding carboxylic acids is 2. The number of hydrogen-bond donors (Lipinski definition) is 0. The van der Waals surface area contributed by atoms with Gasteiger partial charge in [-0.3, -0.25) is 9.59 Å². The molecule has 2 fully saturated rings. The Morgan fingerprint density at radius 3 is 2.45 bits per heavy atom. The van der Waals surface area contributed by atoms with Crippen LogP contribution in [0.2, 0.25) is 10.0 Å². The molecule has 1 aromatic rings. The highest BCUT2D eigenvalue weighted by Gasteiger charge is 2.25. The Morgan fingerprint density at radius 1 is 0.966 bits per heavy atom. The van der Waals surface area contributed by atoms with Crippen molar-refractivity contribution in [2.45, 2.75) is 32.1 Å². The lowest BCUT2D eigenvalue weighted by molar-refractivity contribution is -0.142. The fourth-order valence-electron chi connectivity index (χ4n) is 3.84. The molecule has 2 heterocycles. The van der Waals surface area contributed by atoms with E-state index >= 15 is 0 Å². The second-order valence-electron chi connectivity index (χ2n) is 7.76. The molecule has 0 aliphatic carbocycles. The second-order valence-corrected chi connectivity index (χ2v) is 8.57. The third-order valence-corrected chi connectivity index (χ3v) is 6.33. The summed E-state index contributed by atoms with van der Waals surface area (Å²) in [6, 6.07) is 5.20. The number of likely N-dealkylation sites (tertiary alicyclic amines) is 1. The summed E-state index contributed by atoms with van der Waals surface area (Å²) in [6.45, 7) is 5.68. The SMILES string of the molecule is O=C(C=Cc1ccc(Cl)c(Cl)c1)N1CCN(CCCCN2CCCCC2)C(=O)C1. The maximum absolute atomic E-state index is 12.4. The lowest BCUT2D eigenvalue weighted by Crippen LogP contribution is -2.52. The van der Waals surface area contributed by atoms with Crippen molar-refractivity contribution >= 4 is 41.1 Å². The smallest absolute Gasteiger partial charge is 0.247 e. The quantitative estimate of drug-likeness (QED) is 0.479. The summed E-state index contributed by atoms with van der Waals surface area (Å²) >= 11 is 11.9. The molecule has 2 saturated heterocycles. The van der Waals surface area contributed by atoms with Crippen molar-refractivity contribution in [1.29, 1.82) is 0 Å². The first kappa shape index (κ1) is 22.1. The van der Waals surface area contributed by atoms with Crippen LogP contribution in [0.4, 0.5) is 0 Å². The highest BCUT2D eigenvalue weighted by atomic mass is 35.5. The fourth-order valence-corrected chi connectivity index (χ4v) is 4.15. The van der Waals surface area contributed by atoms with Crippen molar-refractivity contribution in [3.63, 3.8) is 0 Å². The molecule has 0 bridgehead atoms. The van der Waals surface area contributed by atoms with Crippen LogP contribution in [0.15, 0.2) is 24.3 Å². The Labute approximate surface area is 183 Å². The normalized spacial score (nSPS) is 18.6. The van der Waals surface area contributed by atoms with Crippen molar-refractivity contribution in [1.82, 2.24) is 14.7 Å². The molecule has 1 aromatic carbocycles. The van der Waals surface area contributed by atoms with Gasteiger partial charge in [-0.2, -0.15) is 0 Å². The van der Waals surface area contributed by atoms with E-state index in [-0.39, 0.29) is 18.4 Å². The van der Waals surface area contributed by atoms with Crippen LogP contribution in [0.5, 0.6) is 0 Å². The predicted octanol–water partition coefficient (Wildman–Crippen LogP) is 3.94. The Morgan fingerprint density at radius 2 is 1.72 bits per heavy atom. The van der Waals surface area contributed by atoms with Gasteiger partial charge in [0.25, 0.3) is 0 Å². The van der Waals surface area contributed by atoms with Crippen molar-refractivity contribution in [2.75, 3.05) is 45.8 Å². The highest BCUT2D eigenvalue weighted by Crippen LogP contribution is 2.23. The zero-order valence-electron chi connectivity index (χ0n) is 16.8. The molecule has 0 aromatic heterocycles. The van der Waals surface area contributed by atoms with Crippen molar-refractivity contribution in [3.8, 4) is 0 Å². The number of halogens is 2. The first-order valence-corrected chi connectivity index (χ1v) is 11.2. The van der Waals surface area contributed by atoms with Gasteiger partial charge in [0.15, 0.2) is 0 Å². The summed E-state index contributed by atoms with van der Waals surface area (Å²) in [5.74, 6) is -0.125. The standard InChI is InChI=1S/C22H29Cl2N3O2/c23-19-8-6-18(16-20(19)24)7-9-21(28)27-15-14-26(22(29)17-27)13-5-4-12-25-10-2-1-3-11-25/h6-9,16H,1-5,10-15,17H2. The first-order chi connectivity index (χ1) is 14.0. The molecule has 0 spiro atoms. The topological polar surface area (TPSA) is 43.9 Å². The minimum atomic E-state index is -0.158. The van der Waals surface area contributed by atoms with Gasteiger partial charge in [0, 0.05) is 25.7 Å². The number of hydrogen-bond acceptors (Lipinski definition) is 3. The van der Waals surface area contributed by atoms with Crippen molar-refractivity contribution < 1.29 is 9.59 Å². The van der Waals surface area contributed by atoms with Gasteiger partial charge in [0.2, 0.25) is 11.8 Å². The molecule has 2 aliphatic rings. The molecule has 3 rings (SSSR count). The van der Waals surface area contributed by atoms with Gasteiger partial charge in [-0.05, 0) is 69.1 Å². The van der Waals surface area contributed by atoms with Crippen LogP contribution in [0.3, 0.4) is 0 Å².